The average molecular weight is 199 g/mol. The summed E-state index contributed by atoms with van der Waals surface area (Å²) in [6, 6.07) is 0.230. The fraction of sp³-hybridized carbons (Fsp3) is 0.778. The van der Waals surface area contributed by atoms with Gasteiger partial charge in [0.1, 0.15) is 6.42 Å². The van der Waals surface area contributed by atoms with Crippen LogP contribution in [0.25, 0.3) is 0 Å². The van der Waals surface area contributed by atoms with Crippen LogP contribution in [-0.2, 0) is 9.59 Å². The zero-order valence-electron chi connectivity index (χ0n) is 8.43. The highest BCUT2D eigenvalue weighted by atomic mass is 16.2. The van der Waals surface area contributed by atoms with Crippen LogP contribution >= 0.6 is 0 Å². The number of rotatable bonds is 3. The summed E-state index contributed by atoms with van der Waals surface area (Å²) in [4.78, 5) is 22.2. The van der Waals surface area contributed by atoms with Crippen LogP contribution in [0, 0.1) is 0 Å². The molecule has 0 aromatic carbocycles. The zero-order chi connectivity index (χ0) is 10.4. The van der Waals surface area contributed by atoms with E-state index in [0.717, 1.165) is 25.9 Å². The third kappa shape index (κ3) is 3.74. The van der Waals surface area contributed by atoms with Crippen LogP contribution in [0.15, 0.2) is 0 Å². The van der Waals surface area contributed by atoms with Crippen LogP contribution in [-0.4, -0.2) is 38.0 Å². The molecule has 1 aliphatic heterocycles. The highest BCUT2D eigenvalue weighted by Gasteiger charge is 2.16. The van der Waals surface area contributed by atoms with Crippen molar-refractivity contribution < 1.29 is 9.59 Å². The molecule has 0 spiro atoms. The van der Waals surface area contributed by atoms with Gasteiger partial charge < -0.3 is 16.0 Å². The lowest BCUT2D eigenvalue weighted by molar-refractivity contribution is -0.129. The smallest absolute Gasteiger partial charge is 0.229 e. The van der Waals surface area contributed by atoms with Crippen molar-refractivity contribution in [2.75, 3.05) is 20.1 Å². The highest BCUT2D eigenvalue weighted by Crippen LogP contribution is 2.01. The maximum atomic E-state index is 11.3. The molecule has 0 saturated carbocycles. The molecule has 1 saturated heterocycles. The summed E-state index contributed by atoms with van der Waals surface area (Å²) in [5, 5.41) is 8.47. The molecular weight excluding hydrogens is 182 g/mol. The fourth-order valence-electron chi connectivity index (χ4n) is 1.48. The molecule has 0 unspecified atom stereocenters. The first-order chi connectivity index (χ1) is 6.72. The van der Waals surface area contributed by atoms with Gasteiger partial charge in [-0.15, -0.1) is 0 Å². The molecule has 0 aromatic rings. The van der Waals surface area contributed by atoms with Crippen molar-refractivity contribution in [2.24, 2.45) is 0 Å². The summed E-state index contributed by atoms with van der Waals surface area (Å²) < 4.78 is 0. The lowest BCUT2D eigenvalue weighted by atomic mass is 10.1. The number of carbonyl (C=O) groups is 2. The summed E-state index contributed by atoms with van der Waals surface area (Å²) in [7, 11) is 1.53. The van der Waals surface area contributed by atoms with Gasteiger partial charge in [-0.05, 0) is 25.9 Å². The van der Waals surface area contributed by atoms with Crippen molar-refractivity contribution in [2.45, 2.75) is 25.3 Å². The van der Waals surface area contributed by atoms with E-state index < -0.39 is 0 Å². The molecule has 0 aliphatic carbocycles. The van der Waals surface area contributed by atoms with Gasteiger partial charge in [0, 0.05) is 13.1 Å². The molecule has 14 heavy (non-hydrogen) atoms. The van der Waals surface area contributed by atoms with Gasteiger partial charge in [0.15, 0.2) is 0 Å². The Labute approximate surface area is 83.6 Å². The Morgan fingerprint density at radius 2 is 1.93 bits per heavy atom. The third-order valence-corrected chi connectivity index (χ3v) is 2.30. The Kier molecular flexibility index (Phi) is 4.39. The molecule has 0 atom stereocenters. The summed E-state index contributed by atoms with van der Waals surface area (Å²) in [6.45, 7) is 1.87. The van der Waals surface area contributed by atoms with E-state index in [4.69, 9.17) is 0 Å². The molecule has 80 valence electrons. The number of carbonyl (C=O) groups excluding carboxylic acids is 2. The molecular formula is C9H17N3O2. The molecule has 1 rings (SSSR count). The fourth-order valence-corrected chi connectivity index (χ4v) is 1.48. The van der Waals surface area contributed by atoms with Gasteiger partial charge in [0.25, 0.3) is 0 Å². The second kappa shape index (κ2) is 5.59. The van der Waals surface area contributed by atoms with Gasteiger partial charge in [-0.3, -0.25) is 9.59 Å². The molecule has 0 radical (unpaired) electrons. The molecule has 1 fully saturated rings. The van der Waals surface area contributed by atoms with Crippen LogP contribution in [0.2, 0.25) is 0 Å². The van der Waals surface area contributed by atoms with Crippen LogP contribution in [0.1, 0.15) is 19.3 Å². The number of nitrogens with one attached hydrogen (secondary N) is 3. The Hall–Kier alpha value is -1.10. The summed E-state index contributed by atoms with van der Waals surface area (Å²) >= 11 is 0. The second-order valence-electron chi connectivity index (χ2n) is 3.44. The molecule has 5 heteroatoms. The van der Waals surface area contributed by atoms with Gasteiger partial charge >= 0.3 is 0 Å². The molecule has 2 amide bonds. The van der Waals surface area contributed by atoms with Gasteiger partial charge in [0.2, 0.25) is 11.8 Å². The SMILES string of the molecule is CNC(=O)CC(=O)NC1CCNCC1. The molecule has 0 bridgehead atoms. The first-order valence-electron chi connectivity index (χ1n) is 4.93. The molecule has 5 nitrogen and oxygen atoms in total. The first-order valence-corrected chi connectivity index (χ1v) is 4.93. The standard InChI is InChI=1S/C9H17N3O2/c1-10-8(13)6-9(14)12-7-2-4-11-5-3-7/h7,11H,2-6H2,1H3,(H,10,13)(H,12,14). The monoisotopic (exact) mass is 199 g/mol. The minimum Gasteiger partial charge on any atom is -0.359 e. The molecule has 0 aromatic heterocycles. The van der Waals surface area contributed by atoms with Gasteiger partial charge in [0.05, 0.1) is 0 Å². The predicted octanol–water partition coefficient (Wildman–Crippen LogP) is -1.01. The van der Waals surface area contributed by atoms with E-state index in [1.807, 2.05) is 0 Å². The molecule has 1 aliphatic rings. The summed E-state index contributed by atoms with van der Waals surface area (Å²) in [5.74, 6) is -0.423. The number of amides is 2. The minimum absolute atomic E-state index is 0.0690. The van der Waals surface area contributed by atoms with E-state index in [1.165, 1.54) is 7.05 Å². The van der Waals surface area contributed by atoms with E-state index in [2.05, 4.69) is 16.0 Å². The van der Waals surface area contributed by atoms with E-state index in [-0.39, 0.29) is 24.3 Å². The predicted molar refractivity (Wildman–Crippen MR) is 52.7 cm³/mol. The first kappa shape index (κ1) is 11.0. The van der Waals surface area contributed by atoms with Crippen molar-refractivity contribution in [3.05, 3.63) is 0 Å². The Bertz CT molecular complexity index is 212. The third-order valence-electron chi connectivity index (χ3n) is 2.30. The Morgan fingerprint density at radius 1 is 1.29 bits per heavy atom. The van der Waals surface area contributed by atoms with Crippen molar-refractivity contribution in [3.8, 4) is 0 Å². The lowest BCUT2D eigenvalue weighted by Crippen LogP contribution is -2.43. The zero-order valence-corrected chi connectivity index (χ0v) is 8.43. The largest absolute Gasteiger partial charge is 0.359 e. The summed E-state index contributed by atoms with van der Waals surface area (Å²) in [6.07, 6.45) is 1.82. The van der Waals surface area contributed by atoms with Gasteiger partial charge in [-0.1, -0.05) is 0 Å². The van der Waals surface area contributed by atoms with E-state index in [9.17, 15) is 9.59 Å². The van der Waals surface area contributed by atoms with E-state index >= 15 is 0 Å². The van der Waals surface area contributed by atoms with Crippen molar-refractivity contribution in [3.63, 3.8) is 0 Å². The van der Waals surface area contributed by atoms with Crippen molar-refractivity contribution in [1.29, 1.82) is 0 Å². The van der Waals surface area contributed by atoms with Gasteiger partial charge in [-0.25, -0.2) is 0 Å². The average Bonchev–Trinajstić information content (AvgIpc) is 2.19. The maximum Gasteiger partial charge on any atom is 0.229 e. The Balaban J connectivity index is 2.21. The van der Waals surface area contributed by atoms with Crippen LogP contribution < -0.4 is 16.0 Å². The van der Waals surface area contributed by atoms with Crippen molar-refractivity contribution >= 4 is 11.8 Å². The van der Waals surface area contributed by atoms with E-state index in [0.29, 0.717) is 0 Å². The van der Waals surface area contributed by atoms with E-state index in [1.54, 1.807) is 0 Å². The molecule has 3 N–H and O–H groups in total. The lowest BCUT2D eigenvalue weighted by Gasteiger charge is -2.23. The highest BCUT2D eigenvalue weighted by molar-refractivity contribution is 5.96. The number of hydrogen-bond acceptors (Lipinski definition) is 3. The Morgan fingerprint density at radius 3 is 2.50 bits per heavy atom. The minimum atomic E-state index is -0.239. The second-order valence-corrected chi connectivity index (χ2v) is 3.44. The number of piperidine rings is 1. The normalized spacial score (nSPS) is 17.5. The maximum absolute atomic E-state index is 11.3. The topological polar surface area (TPSA) is 70.2 Å². The number of hydrogen-bond donors (Lipinski definition) is 3. The quantitative estimate of drug-likeness (QED) is 0.510. The summed E-state index contributed by atoms with van der Waals surface area (Å²) in [5.41, 5.74) is 0. The van der Waals surface area contributed by atoms with Crippen molar-refractivity contribution in [1.82, 2.24) is 16.0 Å². The van der Waals surface area contributed by atoms with Gasteiger partial charge in [-0.2, -0.15) is 0 Å². The van der Waals surface area contributed by atoms with Crippen LogP contribution in [0.4, 0.5) is 0 Å². The molecule has 1 heterocycles. The van der Waals surface area contributed by atoms with Crippen LogP contribution in [0.3, 0.4) is 0 Å². The van der Waals surface area contributed by atoms with Crippen LogP contribution in [0.5, 0.6) is 0 Å².